The molecule has 1 aromatic heterocycles. The topological polar surface area (TPSA) is 29.9 Å². The van der Waals surface area contributed by atoms with Crippen LogP contribution in [0.3, 0.4) is 0 Å². The van der Waals surface area contributed by atoms with Gasteiger partial charge in [0.15, 0.2) is 0 Å². The maximum atomic E-state index is 4.29. The van der Waals surface area contributed by atoms with Crippen LogP contribution in [0.4, 0.5) is 0 Å². The third-order valence-electron chi connectivity index (χ3n) is 2.44. The van der Waals surface area contributed by atoms with Gasteiger partial charge in [0.05, 0.1) is 0 Å². The first kappa shape index (κ1) is 13.8. The molecule has 0 radical (unpaired) electrons. The zero-order valence-corrected chi connectivity index (χ0v) is 9.90. The van der Waals surface area contributed by atoms with Crippen molar-refractivity contribution in [2.75, 3.05) is 13.1 Å². The van der Waals surface area contributed by atoms with Crippen molar-refractivity contribution in [1.82, 2.24) is 14.9 Å². The Balaban J connectivity index is 0.000000845. The molecule has 2 heterocycles. The van der Waals surface area contributed by atoms with Crippen molar-refractivity contribution >= 4 is 24.8 Å². The van der Waals surface area contributed by atoms with Crippen LogP contribution in [0, 0.1) is 5.92 Å². The molecular formula is C9H17Cl2N3. The number of nitrogens with one attached hydrogen (secondary N) is 1. The minimum atomic E-state index is 0. The predicted octanol–water partition coefficient (Wildman–Crippen LogP) is 1.51. The number of halogens is 2. The zero-order chi connectivity index (χ0) is 8.39. The number of nitrogens with zero attached hydrogens (tertiary/aromatic N) is 2. The summed E-state index contributed by atoms with van der Waals surface area (Å²) in [6.45, 7) is 5.62. The van der Waals surface area contributed by atoms with Crippen molar-refractivity contribution in [3.63, 3.8) is 0 Å². The van der Waals surface area contributed by atoms with Crippen molar-refractivity contribution < 1.29 is 0 Å². The molecule has 5 heteroatoms. The highest BCUT2D eigenvalue weighted by atomic mass is 35.5. The second kappa shape index (κ2) is 6.27. The summed E-state index contributed by atoms with van der Waals surface area (Å²) in [5.41, 5.74) is 0. The SMILES string of the molecule is CCc1nccn1CC1CNC1.Cl.Cl. The molecule has 1 aromatic rings. The molecule has 0 spiro atoms. The lowest BCUT2D eigenvalue weighted by Gasteiger charge is -2.27. The minimum absolute atomic E-state index is 0. The van der Waals surface area contributed by atoms with Crippen molar-refractivity contribution in [1.29, 1.82) is 0 Å². The Morgan fingerprint density at radius 3 is 2.71 bits per heavy atom. The van der Waals surface area contributed by atoms with Gasteiger partial charge in [-0.3, -0.25) is 0 Å². The maximum absolute atomic E-state index is 4.29. The molecule has 1 fully saturated rings. The molecule has 0 unspecified atom stereocenters. The molecule has 3 nitrogen and oxygen atoms in total. The molecule has 0 atom stereocenters. The van der Waals surface area contributed by atoms with Crippen LogP contribution in [-0.4, -0.2) is 22.6 Å². The second-order valence-electron chi connectivity index (χ2n) is 3.37. The van der Waals surface area contributed by atoms with Gasteiger partial charge < -0.3 is 9.88 Å². The standard InChI is InChI=1S/C9H15N3.2ClH/c1-2-9-11-3-4-12(9)7-8-5-10-6-8;;/h3-4,8,10H,2,5-7H2,1H3;2*1H. The van der Waals surface area contributed by atoms with E-state index in [1.54, 1.807) is 0 Å². The normalized spacial score (nSPS) is 15.2. The molecule has 14 heavy (non-hydrogen) atoms. The summed E-state index contributed by atoms with van der Waals surface area (Å²) < 4.78 is 2.27. The molecule has 1 aliphatic rings. The van der Waals surface area contributed by atoms with Gasteiger partial charge in [-0.2, -0.15) is 0 Å². The van der Waals surface area contributed by atoms with Gasteiger partial charge in [-0.25, -0.2) is 4.98 Å². The van der Waals surface area contributed by atoms with E-state index < -0.39 is 0 Å². The van der Waals surface area contributed by atoms with E-state index in [4.69, 9.17) is 0 Å². The van der Waals surface area contributed by atoms with E-state index >= 15 is 0 Å². The highest BCUT2D eigenvalue weighted by Gasteiger charge is 2.17. The third-order valence-corrected chi connectivity index (χ3v) is 2.44. The Hall–Kier alpha value is -0.250. The van der Waals surface area contributed by atoms with Crippen LogP contribution >= 0.6 is 24.8 Å². The quantitative estimate of drug-likeness (QED) is 0.865. The molecular weight excluding hydrogens is 221 g/mol. The smallest absolute Gasteiger partial charge is 0.108 e. The molecule has 0 bridgehead atoms. The number of aromatic nitrogens is 2. The highest BCUT2D eigenvalue weighted by molar-refractivity contribution is 5.85. The van der Waals surface area contributed by atoms with E-state index in [0.29, 0.717) is 0 Å². The van der Waals surface area contributed by atoms with Gasteiger partial charge in [-0.15, -0.1) is 24.8 Å². The van der Waals surface area contributed by atoms with Gasteiger partial charge in [0.1, 0.15) is 5.82 Å². The van der Waals surface area contributed by atoms with E-state index in [1.807, 2.05) is 6.20 Å². The average molecular weight is 238 g/mol. The Morgan fingerprint density at radius 2 is 2.21 bits per heavy atom. The Morgan fingerprint density at radius 1 is 1.50 bits per heavy atom. The number of aryl methyl sites for hydroxylation is 1. The lowest BCUT2D eigenvalue weighted by atomic mass is 10.0. The molecule has 1 saturated heterocycles. The Bertz CT molecular complexity index is 258. The fourth-order valence-corrected chi connectivity index (χ4v) is 1.58. The number of hydrogen-bond acceptors (Lipinski definition) is 2. The number of hydrogen-bond donors (Lipinski definition) is 1. The van der Waals surface area contributed by atoms with Crippen molar-refractivity contribution in [3.8, 4) is 0 Å². The van der Waals surface area contributed by atoms with Gasteiger partial charge in [-0.1, -0.05) is 6.92 Å². The molecule has 82 valence electrons. The van der Waals surface area contributed by atoms with Crippen LogP contribution in [0.15, 0.2) is 12.4 Å². The fourth-order valence-electron chi connectivity index (χ4n) is 1.58. The predicted molar refractivity (Wildman–Crippen MR) is 62.5 cm³/mol. The number of rotatable bonds is 3. The molecule has 2 rings (SSSR count). The first-order chi connectivity index (χ1) is 5.90. The van der Waals surface area contributed by atoms with Gasteiger partial charge in [0, 0.05) is 44.4 Å². The summed E-state index contributed by atoms with van der Waals surface area (Å²) in [5.74, 6) is 2.03. The van der Waals surface area contributed by atoms with Crippen molar-refractivity contribution in [2.24, 2.45) is 5.92 Å². The summed E-state index contributed by atoms with van der Waals surface area (Å²) in [4.78, 5) is 4.29. The highest BCUT2D eigenvalue weighted by Crippen LogP contribution is 2.08. The summed E-state index contributed by atoms with van der Waals surface area (Å²) in [7, 11) is 0. The monoisotopic (exact) mass is 237 g/mol. The van der Waals surface area contributed by atoms with Gasteiger partial charge in [-0.05, 0) is 0 Å². The Labute approximate surface area is 97.1 Å². The molecule has 1 N–H and O–H groups in total. The van der Waals surface area contributed by atoms with Gasteiger partial charge in [0.25, 0.3) is 0 Å². The van der Waals surface area contributed by atoms with Crippen LogP contribution in [0.5, 0.6) is 0 Å². The summed E-state index contributed by atoms with van der Waals surface area (Å²) in [6, 6.07) is 0. The van der Waals surface area contributed by atoms with E-state index in [0.717, 1.165) is 18.9 Å². The van der Waals surface area contributed by atoms with Crippen molar-refractivity contribution in [2.45, 2.75) is 19.9 Å². The summed E-state index contributed by atoms with van der Waals surface area (Å²) in [6.07, 6.45) is 5.01. The fraction of sp³-hybridized carbons (Fsp3) is 0.667. The minimum Gasteiger partial charge on any atom is -0.335 e. The summed E-state index contributed by atoms with van der Waals surface area (Å²) >= 11 is 0. The first-order valence-corrected chi connectivity index (χ1v) is 4.61. The molecule has 0 aromatic carbocycles. The lowest BCUT2D eigenvalue weighted by molar-refractivity contribution is 0.303. The molecule has 0 amide bonds. The van der Waals surface area contributed by atoms with E-state index in [1.165, 1.54) is 18.9 Å². The van der Waals surface area contributed by atoms with Crippen LogP contribution in [-0.2, 0) is 13.0 Å². The summed E-state index contributed by atoms with van der Waals surface area (Å²) in [5, 5.41) is 3.28. The van der Waals surface area contributed by atoms with Crippen LogP contribution in [0.25, 0.3) is 0 Å². The number of imidazole rings is 1. The van der Waals surface area contributed by atoms with E-state index in [-0.39, 0.29) is 24.8 Å². The molecule has 0 aliphatic carbocycles. The van der Waals surface area contributed by atoms with Crippen LogP contribution in [0.2, 0.25) is 0 Å². The second-order valence-corrected chi connectivity index (χ2v) is 3.37. The van der Waals surface area contributed by atoms with Crippen molar-refractivity contribution in [3.05, 3.63) is 18.2 Å². The van der Waals surface area contributed by atoms with Crippen LogP contribution in [0.1, 0.15) is 12.7 Å². The molecule has 1 aliphatic heterocycles. The first-order valence-electron chi connectivity index (χ1n) is 4.61. The largest absolute Gasteiger partial charge is 0.335 e. The third kappa shape index (κ3) is 2.87. The zero-order valence-electron chi connectivity index (χ0n) is 8.27. The Kier molecular flexibility index (Phi) is 6.16. The van der Waals surface area contributed by atoms with E-state index in [2.05, 4.69) is 28.0 Å². The lowest BCUT2D eigenvalue weighted by Crippen LogP contribution is -2.44. The average Bonchev–Trinajstić information content (AvgIpc) is 2.43. The van der Waals surface area contributed by atoms with Gasteiger partial charge in [0.2, 0.25) is 0 Å². The van der Waals surface area contributed by atoms with Crippen LogP contribution < -0.4 is 5.32 Å². The van der Waals surface area contributed by atoms with E-state index in [9.17, 15) is 0 Å². The maximum Gasteiger partial charge on any atom is 0.108 e. The molecule has 0 saturated carbocycles. The van der Waals surface area contributed by atoms with Gasteiger partial charge >= 0.3 is 0 Å².